The molecule has 0 aliphatic carbocycles. The van der Waals surface area contributed by atoms with Gasteiger partial charge in [-0.2, -0.15) is 0 Å². The van der Waals surface area contributed by atoms with Crippen LogP contribution in [0.1, 0.15) is 40.7 Å². The molecular formula is C30H32ClNO5. The Morgan fingerprint density at radius 3 is 2.57 bits per heavy atom. The first-order valence-corrected chi connectivity index (χ1v) is 13.3. The molecule has 0 N–H and O–H groups in total. The van der Waals surface area contributed by atoms with E-state index in [2.05, 4.69) is 17.9 Å². The van der Waals surface area contributed by atoms with Crippen LogP contribution in [0.5, 0.6) is 23.0 Å². The Kier molecular flexibility index (Phi) is 8.17. The highest BCUT2D eigenvalue weighted by atomic mass is 35.5. The van der Waals surface area contributed by atoms with Crippen LogP contribution in [0.15, 0.2) is 48.5 Å². The highest BCUT2D eigenvalue weighted by molar-refractivity contribution is 6.32. The fraction of sp³-hybridized carbons (Fsp3) is 0.367. The van der Waals surface area contributed by atoms with E-state index in [-0.39, 0.29) is 0 Å². The van der Waals surface area contributed by atoms with Crippen LogP contribution >= 0.6 is 11.6 Å². The average Bonchev–Trinajstić information content (AvgIpc) is 2.94. The summed E-state index contributed by atoms with van der Waals surface area (Å²) in [7, 11) is 0. The zero-order valence-electron chi connectivity index (χ0n) is 21.1. The van der Waals surface area contributed by atoms with Crippen LogP contribution in [0.4, 0.5) is 0 Å². The molecule has 6 nitrogen and oxygen atoms in total. The van der Waals surface area contributed by atoms with Crippen LogP contribution in [-0.2, 0) is 6.61 Å². The van der Waals surface area contributed by atoms with Gasteiger partial charge in [-0.05, 0) is 73.3 Å². The standard InChI is InChI=1S/C30H32ClNO5/c1-21-23(6-5-7-25(21)22-8-9-27-30(17-22)36-15-14-35-27)20-37-29-18-28(24(19-33)16-26(29)31)34-13-12-32-10-3-2-4-11-32/h5-9,16-19H,2-4,10-15,20H2,1H3. The lowest BCUT2D eigenvalue weighted by atomic mass is 9.96. The monoisotopic (exact) mass is 521 g/mol. The van der Waals surface area contributed by atoms with E-state index in [1.807, 2.05) is 30.3 Å². The first-order chi connectivity index (χ1) is 18.1. The van der Waals surface area contributed by atoms with E-state index in [0.29, 0.717) is 48.5 Å². The summed E-state index contributed by atoms with van der Waals surface area (Å²) >= 11 is 6.46. The Hall–Kier alpha value is -3.22. The molecule has 0 aromatic heterocycles. The normalized spacial score (nSPS) is 15.3. The third-order valence-corrected chi connectivity index (χ3v) is 7.28. The Morgan fingerprint density at radius 2 is 1.76 bits per heavy atom. The van der Waals surface area contributed by atoms with Gasteiger partial charge in [0.05, 0.1) is 10.6 Å². The number of aldehydes is 1. The first-order valence-electron chi connectivity index (χ1n) is 12.9. The molecule has 0 spiro atoms. The van der Waals surface area contributed by atoms with Gasteiger partial charge in [-0.3, -0.25) is 9.69 Å². The SMILES string of the molecule is Cc1c(COc2cc(OCCN3CCCCC3)c(C=O)cc2Cl)cccc1-c1ccc2c(c1)OCCO2. The Labute approximate surface area is 223 Å². The zero-order valence-corrected chi connectivity index (χ0v) is 21.9. The number of fused-ring (bicyclic) bond motifs is 1. The van der Waals surface area contributed by atoms with Crippen molar-refractivity contribution in [1.82, 2.24) is 4.90 Å². The molecular weight excluding hydrogens is 490 g/mol. The molecule has 1 saturated heterocycles. The molecule has 2 aliphatic heterocycles. The Balaban J connectivity index is 1.29. The smallest absolute Gasteiger partial charge is 0.161 e. The summed E-state index contributed by atoms with van der Waals surface area (Å²) in [5, 5.41) is 0.381. The van der Waals surface area contributed by atoms with Gasteiger partial charge in [0.15, 0.2) is 17.8 Å². The molecule has 0 saturated carbocycles. The largest absolute Gasteiger partial charge is 0.491 e. The number of benzene rings is 3. The summed E-state index contributed by atoms with van der Waals surface area (Å²) in [6.45, 7) is 7.08. The van der Waals surface area contributed by atoms with Crippen LogP contribution in [0.2, 0.25) is 5.02 Å². The van der Waals surface area contributed by atoms with Crippen molar-refractivity contribution in [2.75, 3.05) is 39.5 Å². The second kappa shape index (κ2) is 11.9. The molecule has 194 valence electrons. The maximum atomic E-state index is 11.6. The quantitative estimate of drug-likeness (QED) is 0.306. The van der Waals surface area contributed by atoms with Crippen molar-refractivity contribution in [2.24, 2.45) is 0 Å². The van der Waals surface area contributed by atoms with Gasteiger partial charge >= 0.3 is 0 Å². The second-order valence-corrected chi connectivity index (χ2v) is 9.83. The van der Waals surface area contributed by atoms with E-state index >= 15 is 0 Å². The molecule has 0 atom stereocenters. The summed E-state index contributed by atoms with van der Waals surface area (Å²) in [6.07, 6.45) is 4.53. The fourth-order valence-electron chi connectivity index (χ4n) is 4.86. The van der Waals surface area contributed by atoms with Crippen molar-refractivity contribution < 1.29 is 23.7 Å². The molecule has 0 amide bonds. The van der Waals surface area contributed by atoms with Gasteiger partial charge in [0, 0.05) is 12.6 Å². The Bertz CT molecular complexity index is 1250. The minimum Gasteiger partial charge on any atom is -0.491 e. The summed E-state index contributed by atoms with van der Waals surface area (Å²) in [4.78, 5) is 14.0. The van der Waals surface area contributed by atoms with E-state index < -0.39 is 0 Å². The predicted molar refractivity (Wildman–Crippen MR) is 145 cm³/mol. The molecule has 0 bridgehead atoms. The predicted octanol–water partition coefficient (Wildman–Crippen LogP) is 6.34. The first kappa shape index (κ1) is 25.4. The van der Waals surface area contributed by atoms with Crippen LogP contribution in [0, 0.1) is 6.92 Å². The van der Waals surface area contributed by atoms with Gasteiger partial charge in [-0.25, -0.2) is 0 Å². The number of piperidine rings is 1. The third kappa shape index (κ3) is 6.03. The van der Waals surface area contributed by atoms with E-state index in [1.54, 1.807) is 12.1 Å². The van der Waals surface area contributed by atoms with Gasteiger partial charge < -0.3 is 18.9 Å². The summed E-state index contributed by atoms with van der Waals surface area (Å²) in [5.41, 5.74) is 4.73. The topological polar surface area (TPSA) is 57.2 Å². The number of carbonyl (C=O) groups is 1. The molecule has 1 fully saturated rings. The molecule has 2 heterocycles. The fourth-order valence-corrected chi connectivity index (χ4v) is 5.09. The maximum Gasteiger partial charge on any atom is 0.161 e. The number of likely N-dealkylation sites (tertiary alicyclic amines) is 1. The lowest BCUT2D eigenvalue weighted by Crippen LogP contribution is -2.33. The van der Waals surface area contributed by atoms with E-state index in [4.69, 9.17) is 30.5 Å². The van der Waals surface area contributed by atoms with Crippen LogP contribution < -0.4 is 18.9 Å². The number of ether oxygens (including phenoxy) is 4. The van der Waals surface area contributed by atoms with Gasteiger partial charge in [-0.1, -0.05) is 42.3 Å². The molecule has 7 heteroatoms. The van der Waals surface area contributed by atoms with Crippen LogP contribution in [-0.4, -0.2) is 50.6 Å². The van der Waals surface area contributed by atoms with Gasteiger partial charge in [0.25, 0.3) is 0 Å². The number of hydrogen-bond acceptors (Lipinski definition) is 6. The third-order valence-electron chi connectivity index (χ3n) is 6.99. The average molecular weight is 522 g/mol. The molecule has 3 aromatic rings. The number of rotatable bonds is 9. The van der Waals surface area contributed by atoms with Gasteiger partial charge in [0.1, 0.15) is 37.9 Å². The van der Waals surface area contributed by atoms with Crippen molar-refractivity contribution in [3.8, 4) is 34.1 Å². The number of hydrogen-bond donors (Lipinski definition) is 0. The van der Waals surface area contributed by atoms with E-state index in [9.17, 15) is 4.79 Å². The van der Waals surface area contributed by atoms with Crippen molar-refractivity contribution in [1.29, 1.82) is 0 Å². The molecule has 0 unspecified atom stereocenters. The van der Waals surface area contributed by atoms with Gasteiger partial charge in [0.2, 0.25) is 0 Å². The van der Waals surface area contributed by atoms with Crippen LogP contribution in [0.25, 0.3) is 11.1 Å². The van der Waals surface area contributed by atoms with Crippen LogP contribution in [0.3, 0.4) is 0 Å². The second-order valence-electron chi connectivity index (χ2n) is 9.43. The van der Waals surface area contributed by atoms with Crippen molar-refractivity contribution in [3.63, 3.8) is 0 Å². The summed E-state index contributed by atoms with van der Waals surface area (Å²) in [5.74, 6) is 2.52. The van der Waals surface area contributed by atoms with Crippen molar-refractivity contribution in [2.45, 2.75) is 32.8 Å². The van der Waals surface area contributed by atoms with E-state index in [1.165, 1.54) is 19.3 Å². The molecule has 0 radical (unpaired) electrons. The minimum atomic E-state index is 0.331. The van der Waals surface area contributed by atoms with Crippen molar-refractivity contribution >= 4 is 17.9 Å². The van der Waals surface area contributed by atoms with Gasteiger partial charge in [-0.15, -0.1) is 0 Å². The Morgan fingerprint density at radius 1 is 0.946 bits per heavy atom. The van der Waals surface area contributed by atoms with Crippen molar-refractivity contribution in [3.05, 3.63) is 70.2 Å². The summed E-state index contributed by atoms with van der Waals surface area (Å²) in [6, 6.07) is 15.5. The molecule has 5 rings (SSSR count). The lowest BCUT2D eigenvalue weighted by molar-refractivity contribution is 0.111. The number of nitrogens with zero attached hydrogens (tertiary/aromatic N) is 1. The van der Waals surface area contributed by atoms with E-state index in [0.717, 1.165) is 59.7 Å². The molecule has 2 aliphatic rings. The zero-order chi connectivity index (χ0) is 25.6. The number of halogens is 1. The highest BCUT2D eigenvalue weighted by Gasteiger charge is 2.16. The minimum absolute atomic E-state index is 0.331. The summed E-state index contributed by atoms with van der Waals surface area (Å²) < 4.78 is 23.5. The number of carbonyl (C=O) groups excluding carboxylic acids is 1. The highest BCUT2D eigenvalue weighted by Crippen LogP contribution is 2.37. The lowest BCUT2D eigenvalue weighted by Gasteiger charge is -2.26. The molecule has 3 aromatic carbocycles. The maximum absolute atomic E-state index is 11.6. The molecule has 37 heavy (non-hydrogen) atoms.